The van der Waals surface area contributed by atoms with E-state index in [-0.39, 0.29) is 16.3 Å². The topological polar surface area (TPSA) is 49.6 Å². The summed E-state index contributed by atoms with van der Waals surface area (Å²) >= 11 is 0. The highest BCUT2D eigenvalue weighted by Crippen LogP contribution is 2.50. The molecule has 1 aliphatic carbocycles. The molecule has 5 nitrogen and oxygen atoms in total. The predicted molar refractivity (Wildman–Crippen MR) is 75.7 cm³/mol. The molecule has 0 amide bonds. The number of hydrogen-bond acceptors (Lipinski definition) is 4. The highest BCUT2D eigenvalue weighted by atomic mass is 16.6. The summed E-state index contributed by atoms with van der Waals surface area (Å²) in [5.74, 6) is 0. The molecule has 0 unspecified atom stereocenters. The second-order valence-electron chi connectivity index (χ2n) is 5.59. The zero-order chi connectivity index (χ0) is 13.6. The predicted octanol–water partition coefficient (Wildman–Crippen LogP) is 3.14. The molecule has 0 aromatic heterocycles. The molecule has 102 valence electrons. The molecule has 0 saturated heterocycles. The van der Waals surface area contributed by atoms with E-state index in [1.54, 1.807) is 12.1 Å². The number of rotatable bonds is 1. The summed E-state index contributed by atoms with van der Waals surface area (Å²) in [5, 5.41) is 10.9. The van der Waals surface area contributed by atoms with Gasteiger partial charge < -0.3 is 9.80 Å². The highest BCUT2D eigenvalue weighted by molar-refractivity contribution is 5.81. The van der Waals surface area contributed by atoms with Gasteiger partial charge in [0, 0.05) is 26.2 Å². The molecule has 1 spiro atoms. The summed E-state index contributed by atoms with van der Waals surface area (Å²) in [4.78, 5) is 15.2. The van der Waals surface area contributed by atoms with Gasteiger partial charge in [-0.3, -0.25) is 10.1 Å². The van der Waals surface area contributed by atoms with Crippen molar-refractivity contribution in [2.24, 2.45) is 0 Å². The van der Waals surface area contributed by atoms with Crippen LogP contribution in [-0.4, -0.2) is 24.7 Å². The minimum atomic E-state index is -0.319. The van der Waals surface area contributed by atoms with Crippen LogP contribution in [0.3, 0.4) is 0 Å². The zero-order valence-electron chi connectivity index (χ0n) is 11.4. The van der Waals surface area contributed by atoms with Crippen molar-refractivity contribution in [2.75, 3.05) is 23.9 Å². The number of nitrogens with zero attached hydrogens (tertiary/aromatic N) is 3. The maximum atomic E-state index is 10.9. The summed E-state index contributed by atoms with van der Waals surface area (Å²) < 4.78 is 0. The molecule has 3 rings (SSSR count). The molecule has 0 radical (unpaired) electrons. The van der Waals surface area contributed by atoms with Crippen LogP contribution in [0.5, 0.6) is 0 Å². The van der Waals surface area contributed by atoms with E-state index in [9.17, 15) is 10.1 Å². The first-order valence-corrected chi connectivity index (χ1v) is 6.82. The van der Waals surface area contributed by atoms with Crippen molar-refractivity contribution in [2.45, 2.75) is 37.8 Å². The Balaban J connectivity index is 2.05. The van der Waals surface area contributed by atoms with Crippen LogP contribution in [0.4, 0.5) is 17.1 Å². The molecule has 1 fully saturated rings. The first kappa shape index (κ1) is 12.3. The van der Waals surface area contributed by atoms with Crippen molar-refractivity contribution in [3.05, 3.63) is 28.3 Å². The lowest BCUT2D eigenvalue weighted by molar-refractivity contribution is -0.384. The lowest BCUT2D eigenvalue weighted by atomic mass is 9.87. The normalized spacial score (nSPS) is 20.7. The van der Waals surface area contributed by atoms with Gasteiger partial charge in [0.25, 0.3) is 5.69 Å². The van der Waals surface area contributed by atoms with Gasteiger partial charge in [-0.2, -0.15) is 0 Å². The van der Waals surface area contributed by atoms with Crippen molar-refractivity contribution in [3.8, 4) is 0 Å². The van der Waals surface area contributed by atoms with E-state index < -0.39 is 0 Å². The van der Waals surface area contributed by atoms with Gasteiger partial charge in [0.2, 0.25) is 0 Å². The lowest BCUT2D eigenvalue weighted by Crippen LogP contribution is -2.55. The Kier molecular flexibility index (Phi) is 2.66. The molecule has 1 aliphatic heterocycles. The third-order valence-electron chi connectivity index (χ3n) is 4.80. The third-order valence-corrected chi connectivity index (χ3v) is 4.80. The van der Waals surface area contributed by atoms with Crippen molar-refractivity contribution >= 4 is 17.1 Å². The SMILES string of the molecule is CN1c2ccc([N+](=O)[O-])cc2N(C)C12CCCCC2. The fraction of sp³-hybridized carbons (Fsp3) is 0.571. The Bertz CT molecular complexity index is 523. The van der Waals surface area contributed by atoms with Crippen LogP contribution in [0.2, 0.25) is 0 Å². The quantitative estimate of drug-likeness (QED) is 0.575. The minimum absolute atomic E-state index is 0.0236. The van der Waals surface area contributed by atoms with Gasteiger partial charge in [0.05, 0.1) is 16.3 Å². The van der Waals surface area contributed by atoms with Crippen LogP contribution in [0.1, 0.15) is 32.1 Å². The number of benzene rings is 1. The van der Waals surface area contributed by atoms with Gasteiger partial charge in [0.15, 0.2) is 0 Å². The van der Waals surface area contributed by atoms with E-state index in [0.29, 0.717) is 0 Å². The van der Waals surface area contributed by atoms with Crippen LogP contribution >= 0.6 is 0 Å². The Morgan fingerprint density at radius 2 is 1.74 bits per heavy atom. The molecular weight excluding hydrogens is 242 g/mol. The lowest BCUT2D eigenvalue weighted by Gasteiger charge is -2.45. The fourth-order valence-corrected chi connectivity index (χ4v) is 3.64. The number of fused-ring (bicyclic) bond motifs is 1. The second kappa shape index (κ2) is 4.11. The van der Waals surface area contributed by atoms with Gasteiger partial charge in [-0.05, 0) is 31.7 Å². The zero-order valence-corrected chi connectivity index (χ0v) is 11.4. The van der Waals surface area contributed by atoms with Crippen molar-refractivity contribution in [3.63, 3.8) is 0 Å². The molecule has 5 heteroatoms. The Labute approximate surface area is 113 Å². The summed E-state index contributed by atoms with van der Waals surface area (Å²) in [7, 11) is 4.18. The van der Waals surface area contributed by atoms with E-state index in [2.05, 4.69) is 23.9 Å². The van der Waals surface area contributed by atoms with Gasteiger partial charge in [-0.25, -0.2) is 0 Å². The fourth-order valence-electron chi connectivity index (χ4n) is 3.64. The van der Waals surface area contributed by atoms with Gasteiger partial charge in [-0.1, -0.05) is 6.42 Å². The summed E-state index contributed by atoms with van der Waals surface area (Å²) in [6.45, 7) is 0. The molecule has 0 N–H and O–H groups in total. The van der Waals surface area contributed by atoms with Gasteiger partial charge in [0.1, 0.15) is 5.66 Å². The standard InChI is InChI=1S/C14H19N3O2/c1-15-12-7-6-11(17(18)19)10-13(12)16(2)14(15)8-4-3-5-9-14/h6-7,10H,3-5,8-9H2,1-2H3. The second-order valence-corrected chi connectivity index (χ2v) is 5.59. The molecule has 1 aromatic carbocycles. The third kappa shape index (κ3) is 1.60. The van der Waals surface area contributed by atoms with Gasteiger partial charge >= 0.3 is 0 Å². The van der Waals surface area contributed by atoms with E-state index in [1.165, 1.54) is 19.3 Å². The number of hydrogen-bond donors (Lipinski definition) is 0. The first-order chi connectivity index (χ1) is 9.06. The van der Waals surface area contributed by atoms with Crippen LogP contribution in [0.15, 0.2) is 18.2 Å². The molecule has 1 saturated carbocycles. The van der Waals surface area contributed by atoms with Crippen LogP contribution in [0, 0.1) is 10.1 Å². The number of non-ortho nitro benzene ring substituents is 1. The molecule has 19 heavy (non-hydrogen) atoms. The monoisotopic (exact) mass is 261 g/mol. The van der Waals surface area contributed by atoms with Crippen LogP contribution < -0.4 is 9.80 Å². The van der Waals surface area contributed by atoms with Crippen LogP contribution in [-0.2, 0) is 0 Å². The van der Waals surface area contributed by atoms with Crippen molar-refractivity contribution in [1.29, 1.82) is 0 Å². The van der Waals surface area contributed by atoms with E-state index >= 15 is 0 Å². The summed E-state index contributed by atoms with van der Waals surface area (Å²) in [6, 6.07) is 5.19. The van der Waals surface area contributed by atoms with E-state index in [1.807, 2.05) is 6.07 Å². The maximum Gasteiger partial charge on any atom is 0.271 e. The first-order valence-electron chi connectivity index (χ1n) is 6.82. The molecule has 2 aliphatic rings. The number of anilines is 2. The molecular formula is C14H19N3O2. The Hall–Kier alpha value is -1.78. The largest absolute Gasteiger partial charge is 0.350 e. The van der Waals surface area contributed by atoms with Gasteiger partial charge in [-0.15, -0.1) is 0 Å². The average Bonchev–Trinajstić information content (AvgIpc) is 2.63. The highest BCUT2D eigenvalue weighted by Gasteiger charge is 2.46. The van der Waals surface area contributed by atoms with Crippen molar-refractivity contribution in [1.82, 2.24) is 0 Å². The maximum absolute atomic E-state index is 10.9. The van der Waals surface area contributed by atoms with E-state index in [0.717, 1.165) is 24.2 Å². The number of nitro benzene ring substituents is 1. The minimum Gasteiger partial charge on any atom is -0.350 e. The summed E-state index contributed by atoms with van der Waals surface area (Å²) in [5.41, 5.74) is 2.29. The Morgan fingerprint density at radius 3 is 2.37 bits per heavy atom. The average molecular weight is 261 g/mol. The molecule has 0 atom stereocenters. The number of nitro groups is 1. The Morgan fingerprint density at radius 1 is 1.11 bits per heavy atom. The summed E-state index contributed by atoms with van der Waals surface area (Å²) in [6.07, 6.45) is 6.00. The van der Waals surface area contributed by atoms with E-state index in [4.69, 9.17) is 0 Å². The smallest absolute Gasteiger partial charge is 0.271 e. The molecule has 1 aromatic rings. The van der Waals surface area contributed by atoms with Crippen LogP contribution in [0.25, 0.3) is 0 Å². The molecule has 1 heterocycles. The molecule has 0 bridgehead atoms. The van der Waals surface area contributed by atoms with Crippen molar-refractivity contribution < 1.29 is 4.92 Å².